The number of benzene rings is 1. The summed E-state index contributed by atoms with van der Waals surface area (Å²) in [6.45, 7) is 3.04. The highest BCUT2D eigenvalue weighted by Crippen LogP contribution is 2.26. The van der Waals surface area contributed by atoms with Crippen LogP contribution in [-0.2, 0) is 0 Å². The largest absolute Gasteiger partial charge is 0.314 e. The van der Waals surface area contributed by atoms with Gasteiger partial charge in [-0.3, -0.25) is 4.90 Å². The molecule has 1 atom stereocenters. The van der Waals surface area contributed by atoms with E-state index >= 15 is 0 Å². The summed E-state index contributed by atoms with van der Waals surface area (Å²) < 4.78 is 0. The molecule has 1 aromatic carbocycles. The fourth-order valence-electron chi connectivity index (χ4n) is 1.95. The molecule has 0 aromatic heterocycles. The highest BCUT2D eigenvalue weighted by Gasteiger charge is 2.20. The number of nitrogens with one attached hydrogen (secondary N) is 1. The van der Waals surface area contributed by atoms with Crippen molar-refractivity contribution in [3.8, 4) is 0 Å². The van der Waals surface area contributed by atoms with Gasteiger partial charge in [0, 0.05) is 35.7 Å². The number of rotatable bonds is 1. The molecule has 1 aromatic rings. The highest BCUT2D eigenvalue weighted by molar-refractivity contribution is 6.34. The molecule has 0 spiro atoms. The van der Waals surface area contributed by atoms with Gasteiger partial charge in [-0.25, -0.2) is 0 Å². The van der Waals surface area contributed by atoms with Crippen LogP contribution in [0.2, 0.25) is 10.0 Å². The maximum Gasteiger partial charge on any atom is 0.0471 e. The van der Waals surface area contributed by atoms with Gasteiger partial charge in [0.2, 0.25) is 0 Å². The molecule has 15 heavy (non-hydrogen) atoms. The van der Waals surface area contributed by atoms with E-state index in [-0.39, 0.29) is 0 Å². The van der Waals surface area contributed by atoms with Gasteiger partial charge in [-0.05, 0) is 30.8 Å². The third kappa shape index (κ3) is 2.64. The molecule has 2 nitrogen and oxygen atoms in total. The van der Waals surface area contributed by atoms with E-state index in [9.17, 15) is 0 Å². The zero-order valence-corrected chi connectivity index (χ0v) is 10.1. The number of likely N-dealkylation sites (N-methyl/N-ethyl adjacent to an activating group) is 1. The standard InChI is InChI=1S/C11H14Cl2N2/c1-15-3-2-14-7-11(15)8-4-9(12)6-10(13)5-8/h4-6,11,14H,2-3,7H2,1H3. The van der Waals surface area contributed by atoms with Crippen LogP contribution in [0, 0.1) is 0 Å². The maximum absolute atomic E-state index is 5.99. The minimum Gasteiger partial charge on any atom is -0.314 e. The molecule has 0 radical (unpaired) electrons. The Morgan fingerprint density at radius 1 is 1.27 bits per heavy atom. The fraction of sp³-hybridized carbons (Fsp3) is 0.455. The lowest BCUT2D eigenvalue weighted by molar-refractivity contribution is 0.202. The summed E-state index contributed by atoms with van der Waals surface area (Å²) in [5.74, 6) is 0. The summed E-state index contributed by atoms with van der Waals surface area (Å²) in [7, 11) is 2.13. The monoisotopic (exact) mass is 244 g/mol. The van der Waals surface area contributed by atoms with E-state index in [1.54, 1.807) is 6.07 Å². The predicted molar refractivity (Wildman–Crippen MR) is 64.7 cm³/mol. The second-order valence-electron chi connectivity index (χ2n) is 3.90. The van der Waals surface area contributed by atoms with Crippen LogP contribution >= 0.6 is 23.2 Å². The van der Waals surface area contributed by atoms with Crippen molar-refractivity contribution in [2.75, 3.05) is 26.7 Å². The molecule has 1 heterocycles. The third-order valence-corrected chi connectivity index (χ3v) is 3.22. The van der Waals surface area contributed by atoms with Crippen molar-refractivity contribution in [2.24, 2.45) is 0 Å². The Balaban J connectivity index is 2.27. The first-order valence-electron chi connectivity index (χ1n) is 5.04. The molecule has 1 saturated heterocycles. The van der Waals surface area contributed by atoms with Gasteiger partial charge in [0.1, 0.15) is 0 Å². The van der Waals surface area contributed by atoms with Gasteiger partial charge in [-0.2, -0.15) is 0 Å². The van der Waals surface area contributed by atoms with Crippen molar-refractivity contribution in [1.82, 2.24) is 10.2 Å². The smallest absolute Gasteiger partial charge is 0.0471 e. The van der Waals surface area contributed by atoms with Gasteiger partial charge in [0.15, 0.2) is 0 Å². The summed E-state index contributed by atoms with van der Waals surface area (Å²) in [6, 6.07) is 6.11. The van der Waals surface area contributed by atoms with E-state index in [1.807, 2.05) is 12.1 Å². The van der Waals surface area contributed by atoms with Crippen molar-refractivity contribution in [3.63, 3.8) is 0 Å². The van der Waals surface area contributed by atoms with Gasteiger partial charge >= 0.3 is 0 Å². The molecule has 1 aliphatic heterocycles. The minimum absolute atomic E-state index is 0.370. The molecule has 1 N–H and O–H groups in total. The van der Waals surface area contributed by atoms with E-state index in [0.29, 0.717) is 16.1 Å². The van der Waals surface area contributed by atoms with Crippen LogP contribution < -0.4 is 5.32 Å². The Morgan fingerprint density at radius 3 is 2.53 bits per heavy atom. The quantitative estimate of drug-likeness (QED) is 0.818. The molecule has 1 aliphatic rings. The van der Waals surface area contributed by atoms with Crippen molar-refractivity contribution < 1.29 is 0 Å². The third-order valence-electron chi connectivity index (χ3n) is 2.78. The highest BCUT2D eigenvalue weighted by atomic mass is 35.5. The molecule has 1 fully saturated rings. The lowest BCUT2D eigenvalue weighted by atomic mass is 10.0. The van der Waals surface area contributed by atoms with E-state index < -0.39 is 0 Å². The molecule has 82 valence electrons. The number of halogens is 2. The molecular weight excluding hydrogens is 231 g/mol. The second kappa shape index (κ2) is 4.71. The van der Waals surface area contributed by atoms with Crippen molar-refractivity contribution >= 4 is 23.2 Å². The van der Waals surface area contributed by atoms with E-state index in [0.717, 1.165) is 19.6 Å². The summed E-state index contributed by atoms with van der Waals surface area (Å²) in [5.41, 5.74) is 1.18. The number of hydrogen-bond acceptors (Lipinski definition) is 2. The minimum atomic E-state index is 0.370. The average Bonchev–Trinajstić information content (AvgIpc) is 2.16. The fourth-order valence-corrected chi connectivity index (χ4v) is 2.49. The zero-order chi connectivity index (χ0) is 10.8. The predicted octanol–water partition coefficient (Wildman–Crippen LogP) is 2.57. The van der Waals surface area contributed by atoms with Crippen molar-refractivity contribution in [2.45, 2.75) is 6.04 Å². The van der Waals surface area contributed by atoms with Gasteiger partial charge in [0.25, 0.3) is 0 Å². The first-order valence-corrected chi connectivity index (χ1v) is 5.79. The molecule has 0 bridgehead atoms. The van der Waals surface area contributed by atoms with E-state index in [2.05, 4.69) is 17.3 Å². The molecular formula is C11H14Cl2N2. The van der Waals surface area contributed by atoms with Crippen molar-refractivity contribution in [3.05, 3.63) is 33.8 Å². The SMILES string of the molecule is CN1CCNCC1c1cc(Cl)cc(Cl)c1. The molecule has 2 rings (SSSR count). The van der Waals surface area contributed by atoms with Crippen LogP contribution in [0.4, 0.5) is 0 Å². The normalized spacial score (nSPS) is 23.0. The Morgan fingerprint density at radius 2 is 1.93 bits per heavy atom. The first kappa shape index (κ1) is 11.2. The summed E-state index contributed by atoms with van der Waals surface area (Å²) in [4.78, 5) is 2.32. The van der Waals surface area contributed by atoms with Gasteiger partial charge in [-0.15, -0.1) is 0 Å². The van der Waals surface area contributed by atoms with Gasteiger partial charge in [0.05, 0.1) is 0 Å². The maximum atomic E-state index is 5.99. The number of piperazine rings is 1. The first-order chi connectivity index (χ1) is 7.16. The Bertz CT molecular complexity index is 334. The van der Waals surface area contributed by atoms with Crippen LogP contribution in [0.25, 0.3) is 0 Å². The molecule has 0 amide bonds. The number of nitrogens with zero attached hydrogens (tertiary/aromatic N) is 1. The molecule has 0 saturated carbocycles. The zero-order valence-electron chi connectivity index (χ0n) is 8.63. The van der Waals surface area contributed by atoms with E-state index in [4.69, 9.17) is 23.2 Å². The van der Waals surface area contributed by atoms with Crippen LogP contribution in [-0.4, -0.2) is 31.6 Å². The summed E-state index contributed by atoms with van der Waals surface area (Å²) in [5, 5.41) is 4.78. The van der Waals surface area contributed by atoms with E-state index in [1.165, 1.54) is 5.56 Å². The average molecular weight is 245 g/mol. The van der Waals surface area contributed by atoms with Crippen LogP contribution in [0.15, 0.2) is 18.2 Å². The molecule has 0 aliphatic carbocycles. The Kier molecular flexibility index (Phi) is 3.52. The molecule has 1 unspecified atom stereocenters. The summed E-state index contributed by atoms with van der Waals surface area (Å²) in [6.07, 6.45) is 0. The Hall–Kier alpha value is -0.280. The van der Waals surface area contributed by atoms with Gasteiger partial charge < -0.3 is 5.32 Å². The topological polar surface area (TPSA) is 15.3 Å². The van der Waals surface area contributed by atoms with Gasteiger partial charge in [-0.1, -0.05) is 23.2 Å². The van der Waals surface area contributed by atoms with Crippen LogP contribution in [0.3, 0.4) is 0 Å². The second-order valence-corrected chi connectivity index (χ2v) is 4.78. The van der Waals surface area contributed by atoms with Crippen LogP contribution in [0.5, 0.6) is 0 Å². The van der Waals surface area contributed by atoms with Crippen molar-refractivity contribution in [1.29, 1.82) is 0 Å². The summed E-state index contributed by atoms with van der Waals surface area (Å²) >= 11 is 12.0. The lowest BCUT2D eigenvalue weighted by Crippen LogP contribution is -2.43. The Labute approximate surface area is 100 Å². The number of hydrogen-bond donors (Lipinski definition) is 1. The lowest BCUT2D eigenvalue weighted by Gasteiger charge is -2.33. The van der Waals surface area contributed by atoms with Crippen LogP contribution in [0.1, 0.15) is 11.6 Å². The molecule has 4 heteroatoms.